The Morgan fingerprint density at radius 3 is 2.50 bits per heavy atom. The molecule has 11 heteroatoms. The van der Waals surface area contributed by atoms with E-state index in [1.54, 1.807) is 0 Å². The summed E-state index contributed by atoms with van der Waals surface area (Å²) < 4.78 is 0.168. The molecule has 0 saturated heterocycles. The second kappa shape index (κ2) is 6.44. The average Bonchev–Trinajstić information content (AvgIpc) is 2.40. The van der Waals surface area contributed by atoms with E-state index in [1.165, 1.54) is 6.07 Å². The van der Waals surface area contributed by atoms with Crippen LogP contribution in [-0.4, -0.2) is 45.2 Å². The molecule has 0 radical (unpaired) electrons. The number of hydrogen-bond acceptors (Lipinski definition) is 8. The van der Waals surface area contributed by atoms with Gasteiger partial charge in [0.1, 0.15) is 5.69 Å². The number of carboxylic acid groups (broad SMARTS) is 1. The monoisotopic (exact) mass is 376 g/mol. The standard InChI is InChI=1S/C11H13BrN4O6/c12-5-1-4(2-13-3-6(17)18)7-8(9(5)16(21)22)15-11(20)10(19)14-7/h1,10-11,13-15,19-20H,2-3H2,(H,17,18). The summed E-state index contributed by atoms with van der Waals surface area (Å²) in [4.78, 5) is 21.1. The number of nitro benzene ring substituents is 1. The van der Waals surface area contributed by atoms with Gasteiger partial charge in [0.25, 0.3) is 0 Å². The smallest absolute Gasteiger partial charge is 0.317 e. The molecule has 2 atom stereocenters. The molecule has 0 aromatic heterocycles. The van der Waals surface area contributed by atoms with Crippen molar-refractivity contribution in [1.82, 2.24) is 5.32 Å². The van der Waals surface area contributed by atoms with Gasteiger partial charge in [-0.3, -0.25) is 14.9 Å². The lowest BCUT2D eigenvalue weighted by Gasteiger charge is -2.31. The number of benzene rings is 1. The van der Waals surface area contributed by atoms with Gasteiger partial charge in [-0.05, 0) is 27.6 Å². The third-order valence-corrected chi connectivity index (χ3v) is 3.60. The Labute approximate surface area is 132 Å². The number of rotatable bonds is 5. The van der Waals surface area contributed by atoms with Crippen LogP contribution in [0.4, 0.5) is 17.1 Å². The van der Waals surface area contributed by atoms with Crippen LogP contribution in [0.1, 0.15) is 5.56 Å². The summed E-state index contributed by atoms with van der Waals surface area (Å²) in [6.07, 6.45) is -2.77. The topological polar surface area (TPSA) is 157 Å². The zero-order valence-corrected chi connectivity index (χ0v) is 12.6. The number of aliphatic hydroxyl groups excluding tert-OH is 2. The fourth-order valence-corrected chi connectivity index (χ4v) is 2.69. The number of carbonyl (C=O) groups is 1. The molecule has 0 spiro atoms. The first-order chi connectivity index (χ1) is 10.3. The fourth-order valence-electron chi connectivity index (χ4n) is 2.07. The van der Waals surface area contributed by atoms with Gasteiger partial charge in [-0.15, -0.1) is 0 Å². The number of aliphatic carboxylic acids is 1. The van der Waals surface area contributed by atoms with E-state index in [2.05, 4.69) is 31.9 Å². The van der Waals surface area contributed by atoms with Gasteiger partial charge in [0.05, 0.1) is 21.6 Å². The second-order valence-electron chi connectivity index (χ2n) is 4.55. The molecule has 22 heavy (non-hydrogen) atoms. The molecular weight excluding hydrogens is 364 g/mol. The Bertz CT molecular complexity index is 625. The van der Waals surface area contributed by atoms with Crippen molar-refractivity contribution in [3.05, 3.63) is 26.2 Å². The van der Waals surface area contributed by atoms with Gasteiger partial charge in [0.2, 0.25) is 0 Å². The van der Waals surface area contributed by atoms with E-state index in [0.29, 0.717) is 5.56 Å². The van der Waals surface area contributed by atoms with Gasteiger partial charge in [-0.1, -0.05) is 0 Å². The predicted molar refractivity (Wildman–Crippen MR) is 79.4 cm³/mol. The maximum atomic E-state index is 11.2. The molecule has 2 rings (SSSR count). The molecule has 1 aliphatic rings. The van der Waals surface area contributed by atoms with Gasteiger partial charge < -0.3 is 31.3 Å². The number of fused-ring (bicyclic) bond motifs is 1. The summed E-state index contributed by atoms with van der Waals surface area (Å²) in [5.41, 5.74) is 0.442. The highest BCUT2D eigenvalue weighted by Crippen LogP contribution is 2.43. The minimum atomic E-state index is -1.42. The van der Waals surface area contributed by atoms with Crippen LogP contribution in [0.15, 0.2) is 10.5 Å². The van der Waals surface area contributed by atoms with E-state index in [9.17, 15) is 25.1 Å². The number of nitrogens with one attached hydrogen (secondary N) is 3. The SMILES string of the molecule is O=C(O)CNCc1cc(Br)c([N+](=O)[O-])c2c1NC(O)C(O)N2. The number of halogens is 1. The Kier molecular flexibility index (Phi) is 4.81. The summed E-state index contributed by atoms with van der Waals surface area (Å²) in [6, 6.07) is 1.45. The summed E-state index contributed by atoms with van der Waals surface area (Å²) >= 11 is 3.09. The first kappa shape index (κ1) is 16.4. The molecule has 6 N–H and O–H groups in total. The van der Waals surface area contributed by atoms with Crippen molar-refractivity contribution in [2.45, 2.75) is 19.0 Å². The van der Waals surface area contributed by atoms with Gasteiger partial charge in [0, 0.05) is 6.54 Å². The molecule has 10 nitrogen and oxygen atoms in total. The maximum Gasteiger partial charge on any atom is 0.317 e. The first-order valence-electron chi connectivity index (χ1n) is 6.12. The van der Waals surface area contributed by atoms with Crippen molar-refractivity contribution in [2.24, 2.45) is 0 Å². The number of nitrogens with zero attached hydrogens (tertiary/aromatic N) is 1. The van der Waals surface area contributed by atoms with Crippen LogP contribution in [0.3, 0.4) is 0 Å². The zero-order chi connectivity index (χ0) is 16.4. The van der Waals surface area contributed by atoms with E-state index in [1.807, 2.05) is 0 Å². The summed E-state index contributed by atoms with van der Waals surface area (Å²) in [5.74, 6) is -1.05. The van der Waals surface area contributed by atoms with Crippen LogP contribution in [-0.2, 0) is 11.3 Å². The highest BCUT2D eigenvalue weighted by Gasteiger charge is 2.33. The van der Waals surface area contributed by atoms with Crippen molar-refractivity contribution in [3.63, 3.8) is 0 Å². The molecule has 0 amide bonds. The lowest BCUT2D eigenvalue weighted by atomic mass is 10.1. The molecule has 1 aromatic rings. The first-order valence-corrected chi connectivity index (χ1v) is 6.92. The van der Waals surface area contributed by atoms with E-state index >= 15 is 0 Å². The molecule has 0 fully saturated rings. The van der Waals surface area contributed by atoms with Crippen molar-refractivity contribution >= 4 is 39.0 Å². The Balaban J connectivity index is 2.43. The van der Waals surface area contributed by atoms with Crippen LogP contribution in [0.5, 0.6) is 0 Å². The van der Waals surface area contributed by atoms with Gasteiger partial charge >= 0.3 is 11.7 Å². The quantitative estimate of drug-likeness (QED) is 0.307. The normalized spacial score (nSPS) is 19.8. The average molecular weight is 377 g/mol. The van der Waals surface area contributed by atoms with Gasteiger partial charge in [-0.2, -0.15) is 0 Å². The molecule has 120 valence electrons. The van der Waals surface area contributed by atoms with Crippen molar-refractivity contribution in [1.29, 1.82) is 0 Å². The highest BCUT2D eigenvalue weighted by atomic mass is 79.9. The molecule has 0 saturated carbocycles. The van der Waals surface area contributed by atoms with Crippen LogP contribution >= 0.6 is 15.9 Å². The number of aliphatic hydroxyl groups is 2. The molecular formula is C11H13BrN4O6. The molecule has 1 aromatic carbocycles. The molecule has 0 aliphatic carbocycles. The van der Waals surface area contributed by atoms with Gasteiger partial charge in [-0.25, -0.2) is 0 Å². The molecule has 0 bridgehead atoms. The summed E-state index contributed by atoms with van der Waals surface area (Å²) in [7, 11) is 0. The summed E-state index contributed by atoms with van der Waals surface area (Å²) in [6.45, 7) is -0.190. The molecule has 1 heterocycles. The minimum absolute atomic E-state index is 0.0179. The Hall–Kier alpha value is -1.95. The second-order valence-corrected chi connectivity index (χ2v) is 5.40. The van der Waals surface area contributed by atoms with E-state index in [0.717, 1.165) is 0 Å². The largest absolute Gasteiger partial charge is 0.480 e. The van der Waals surface area contributed by atoms with E-state index < -0.39 is 23.3 Å². The third kappa shape index (κ3) is 3.27. The molecule has 1 aliphatic heterocycles. The number of hydrogen-bond donors (Lipinski definition) is 6. The van der Waals surface area contributed by atoms with Crippen LogP contribution in [0.25, 0.3) is 0 Å². The van der Waals surface area contributed by atoms with Crippen molar-refractivity contribution < 1.29 is 25.0 Å². The van der Waals surface area contributed by atoms with Crippen molar-refractivity contribution in [3.8, 4) is 0 Å². The number of anilines is 2. The Morgan fingerprint density at radius 1 is 1.36 bits per heavy atom. The number of carboxylic acids is 1. The maximum absolute atomic E-state index is 11.2. The summed E-state index contributed by atoms with van der Waals surface area (Å²) in [5, 5.41) is 46.7. The van der Waals surface area contributed by atoms with Gasteiger partial charge in [0.15, 0.2) is 12.5 Å². The number of nitro groups is 1. The highest BCUT2D eigenvalue weighted by molar-refractivity contribution is 9.10. The van der Waals surface area contributed by atoms with Crippen LogP contribution in [0.2, 0.25) is 0 Å². The zero-order valence-electron chi connectivity index (χ0n) is 11.0. The predicted octanol–water partition coefficient (Wildman–Crippen LogP) is 0.00570. The van der Waals surface area contributed by atoms with E-state index in [4.69, 9.17) is 5.11 Å². The Morgan fingerprint density at radius 2 is 1.95 bits per heavy atom. The minimum Gasteiger partial charge on any atom is -0.480 e. The fraction of sp³-hybridized carbons (Fsp3) is 0.364. The van der Waals surface area contributed by atoms with Crippen molar-refractivity contribution in [2.75, 3.05) is 17.2 Å². The lowest BCUT2D eigenvalue weighted by molar-refractivity contribution is -0.384. The lowest BCUT2D eigenvalue weighted by Crippen LogP contribution is -2.43. The van der Waals surface area contributed by atoms with E-state index in [-0.39, 0.29) is 34.6 Å². The molecule has 2 unspecified atom stereocenters. The van der Waals surface area contributed by atoms with Crippen LogP contribution in [0, 0.1) is 10.1 Å². The third-order valence-electron chi connectivity index (χ3n) is 2.99. The van der Waals surface area contributed by atoms with Crippen LogP contribution < -0.4 is 16.0 Å².